The van der Waals surface area contributed by atoms with Gasteiger partial charge in [0, 0.05) is 6.54 Å². The molecule has 1 aliphatic rings. The second-order valence-corrected chi connectivity index (χ2v) is 5.48. The van der Waals surface area contributed by atoms with Gasteiger partial charge in [0.1, 0.15) is 0 Å². The van der Waals surface area contributed by atoms with Gasteiger partial charge in [0.2, 0.25) is 6.79 Å². The van der Waals surface area contributed by atoms with Crippen LogP contribution in [0.5, 0.6) is 11.5 Å². The van der Waals surface area contributed by atoms with Crippen molar-refractivity contribution in [1.29, 1.82) is 0 Å². The first-order valence-corrected chi connectivity index (χ1v) is 7.53. The highest BCUT2D eigenvalue weighted by Crippen LogP contribution is 2.39. The van der Waals surface area contributed by atoms with Crippen molar-refractivity contribution in [1.82, 2.24) is 5.32 Å². The molecule has 4 heteroatoms. The van der Waals surface area contributed by atoms with Crippen LogP contribution in [0.1, 0.15) is 17.5 Å². The summed E-state index contributed by atoms with van der Waals surface area (Å²) in [5.41, 5.74) is 2.49. The second kappa shape index (κ2) is 6.83. The van der Waals surface area contributed by atoms with Gasteiger partial charge in [0.25, 0.3) is 0 Å². The number of ether oxygens (including phenoxy) is 2. The number of aryl methyl sites for hydroxylation is 1. The maximum atomic E-state index is 6.16. The van der Waals surface area contributed by atoms with Crippen molar-refractivity contribution in [3.63, 3.8) is 0 Å². The maximum absolute atomic E-state index is 6.16. The van der Waals surface area contributed by atoms with Gasteiger partial charge in [-0.2, -0.15) is 0 Å². The Morgan fingerprint density at radius 3 is 2.76 bits per heavy atom. The lowest BCUT2D eigenvalue weighted by Gasteiger charge is -2.07. The zero-order chi connectivity index (χ0) is 14.5. The minimum Gasteiger partial charge on any atom is -0.454 e. The first-order valence-electron chi connectivity index (χ1n) is 7.15. The number of fused-ring (bicyclic) bond motifs is 1. The van der Waals surface area contributed by atoms with Crippen LogP contribution in [0, 0.1) is 0 Å². The van der Waals surface area contributed by atoms with Gasteiger partial charge in [-0.3, -0.25) is 0 Å². The molecule has 2 aromatic rings. The van der Waals surface area contributed by atoms with E-state index in [9.17, 15) is 0 Å². The molecule has 0 saturated heterocycles. The van der Waals surface area contributed by atoms with Gasteiger partial charge < -0.3 is 14.8 Å². The van der Waals surface area contributed by atoms with Crippen molar-refractivity contribution < 1.29 is 9.47 Å². The van der Waals surface area contributed by atoms with Crippen molar-refractivity contribution in [3.8, 4) is 11.5 Å². The summed E-state index contributed by atoms with van der Waals surface area (Å²) in [6.07, 6.45) is 2.21. The van der Waals surface area contributed by atoms with Gasteiger partial charge in [-0.15, -0.1) is 0 Å². The van der Waals surface area contributed by atoms with Gasteiger partial charge in [-0.25, -0.2) is 0 Å². The molecule has 110 valence electrons. The van der Waals surface area contributed by atoms with E-state index >= 15 is 0 Å². The SMILES string of the molecule is Clc1cc(CNCCCc2ccccc2)cc2c1OCO2. The molecule has 0 atom stereocenters. The molecule has 0 aromatic heterocycles. The van der Waals surface area contributed by atoms with E-state index in [4.69, 9.17) is 21.1 Å². The Hall–Kier alpha value is -1.71. The fraction of sp³-hybridized carbons (Fsp3) is 0.294. The first kappa shape index (κ1) is 14.2. The summed E-state index contributed by atoms with van der Waals surface area (Å²) >= 11 is 6.16. The van der Waals surface area contributed by atoms with E-state index in [0.717, 1.165) is 37.2 Å². The zero-order valence-electron chi connectivity index (χ0n) is 11.8. The van der Waals surface area contributed by atoms with Gasteiger partial charge in [0.15, 0.2) is 11.5 Å². The Morgan fingerprint density at radius 2 is 1.90 bits per heavy atom. The average Bonchev–Trinajstić information content (AvgIpc) is 2.97. The molecule has 0 fully saturated rings. The summed E-state index contributed by atoms with van der Waals surface area (Å²) in [6.45, 7) is 2.01. The molecule has 1 N–H and O–H groups in total. The number of nitrogens with one attached hydrogen (secondary N) is 1. The van der Waals surface area contributed by atoms with E-state index in [-0.39, 0.29) is 6.79 Å². The molecule has 21 heavy (non-hydrogen) atoms. The highest BCUT2D eigenvalue weighted by atomic mass is 35.5. The van der Waals surface area contributed by atoms with Gasteiger partial charge >= 0.3 is 0 Å². The van der Waals surface area contributed by atoms with Crippen molar-refractivity contribution >= 4 is 11.6 Å². The second-order valence-electron chi connectivity index (χ2n) is 5.08. The molecule has 1 heterocycles. The van der Waals surface area contributed by atoms with Crippen molar-refractivity contribution in [2.75, 3.05) is 13.3 Å². The van der Waals surface area contributed by atoms with E-state index < -0.39 is 0 Å². The summed E-state index contributed by atoms with van der Waals surface area (Å²) in [7, 11) is 0. The minimum atomic E-state index is 0.253. The van der Waals surface area contributed by atoms with Crippen LogP contribution in [0.25, 0.3) is 0 Å². The monoisotopic (exact) mass is 303 g/mol. The van der Waals surface area contributed by atoms with Crippen LogP contribution in [0.15, 0.2) is 42.5 Å². The Kier molecular flexibility index (Phi) is 4.63. The van der Waals surface area contributed by atoms with Crippen molar-refractivity contribution in [3.05, 3.63) is 58.6 Å². The predicted octanol–water partition coefficient (Wildman–Crippen LogP) is 3.79. The molecule has 0 unspecified atom stereocenters. The fourth-order valence-electron chi connectivity index (χ4n) is 2.42. The lowest BCUT2D eigenvalue weighted by atomic mass is 10.1. The van der Waals surface area contributed by atoms with Crippen LogP contribution in [-0.2, 0) is 13.0 Å². The Bertz CT molecular complexity index is 601. The van der Waals surface area contributed by atoms with Crippen LogP contribution in [0.2, 0.25) is 5.02 Å². The smallest absolute Gasteiger partial charge is 0.231 e. The lowest BCUT2D eigenvalue weighted by Crippen LogP contribution is -2.15. The third-order valence-electron chi connectivity index (χ3n) is 3.48. The lowest BCUT2D eigenvalue weighted by molar-refractivity contribution is 0.174. The van der Waals surface area contributed by atoms with Gasteiger partial charge in [0.05, 0.1) is 5.02 Å². The summed E-state index contributed by atoms with van der Waals surface area (Å²) in [4.78, 5) is 0. The highest BCUT2D eigenvalue weighted by molar-refractivity contribution is 6.32. The summed E-state index contributed by atoms with van der Waals surface area (Å²) in [6, 6.07) is 14.5. The molecular weight excluding hydrogens is 286 g/mol. The molecule has 0 saturated carbocycles. The molecule has 0 spiro atoms. The van der Waals surface area contributed by atoms with Crippen LogP contribution >= 0.6 is 11.6 Å². The first-order chi connectivity index (χ1) is 10.3. The molecule has 0 radical (unpaired) electrons. The van der Waals surface area contributed by atoms with Crippen LogP contribution < -0.4 is 14.8 Å². The van der Waals surface area contributed by atoms with Crippen molar-refractivity contribution in [2.24, 2.45) is 0 Å². The van der Waals surface area contributed by atoms with E-state index in [0.29, 0.717) is 10.8 Å². The third kappa shape index (κ3) is 3.69. The van der Waals surface area contributed by atoms with Crippen LogP contribution in [0.4, 0.5) is 0 Å². The number of benzene rings is 2. The standard InChI is InChI=1S/C17H18ClNO2/c18-15-9-14(10-16-17(15)21-12-20-16)11-19-8-4-7-13-5-2-1-3-6-13/h1-3,5-6,9-10,19H,4,7-8,11-12H2. The minimum absolute atomic E-state index is 0.253. The van der Waals surface area contributed by atoms with E-state index in [1.165, 1.54) is 5.56 Å². The number of hydrogen-bond acceptors (Lipinski definition) is 3. The zero-order valence-corrected chi connectivity index (χ0v) is 12.5. The molecule has 0 amide bonds. The van der Waals surface area contributed by atoms with Crippen LogP contribution in [0.3, 0.4) is 0 Å². The van der Waals surface area contributed by atoms with E-state index in [2.05, 4.69) is 29.6 Å². The topological polar surface area (TPSA) is 30.5 Å². The summed E-state index contributed by atoms with van der Waals surface area (Å²) in [5.74, 6) is 1.40. The Balaban J connectivity index is 1.45. The van der Waals surface area contributed by atoms with Gasteiger partial charge in [-0.1, -0.05) is 41.9 Å². The molecule has 1 aliphatic heterocycles. The summed E-state index contributed by atoms with van der Waals surface area (Å²) < 4.78 is 10.7. The molecular formula is C17H18ClNO2. The largest absolute Gasteiger partial charge is 0.454 e. The molecule has 3 rings (SSSR count). The van der Waals surface area contributed by atoms with Crippen molar-refractivity contribution in [2.45, 2.75) is 19.4 Å². The Labute approximate surface area is 129 Å². The number of hydrogen-bond donors (Lipinski definition) is 1. The Morgan fingerprint density at radius 1 is 1.05 bits per heavy atom. The summed E-state index contributed by atoms with van der Waals surface area (Å²) in [5, 5.41) is 4.05. The number of halogens is 1. The van der Waals surface area contributed by atoms with Crippen LogP contribution in [-0.4, -0.2) is 13.3 Å². The predicted molar refractivity (Wildman–Crippen MR) is 84.0 cm³/mol. The molecule has 0 aliphatic carbocycles. The highest BCUT2D eigenvalue weighted by Gasteiger charge is 2.17. The van der Waals surface area contributed by atoms with Gasteiger partial charge in [-0.05, 0) is 42.6 Å². The van der Waals surface area contributed by atoms with E-state index in [1.807, 2.05) is 18.2 Å². The fourth-order valence-corrected chi connectivity index (χ4v) is 2.71. The molecule has 0 bridgehead atoms. The molecule has 2 aromatic carbocycles. The average molecular weight is 304 g/mol. The quantitative estimate of drug-likeness (QED) is 0.824. The molecule has 3 nitrogen and oxygen atoms in total. The normalized spacial score (nSPS) is 12.6. The third-order valence-corrected chi connectivity index (χ3v) is 3.76. The number of rotatable bonds is 6. The van der Waals surface area contributed by atoms with E-state index in [1.54, 1.807) is 0 Å². The maximum Gasteiger partial charge on any atom is 0.231 e.